The van der Waals surface area contributed by atoms with Gasteiger partial charge in [0.05, 0.1) is 4.90 Å². The summed E-state index contributed by atoms with van der Waals surface area (Å²) in [4.78, 5) is 24.0. The molecular weight excluding hydrogens is 388 g/mol. The zero-order chi connectivity index (χ0) is 21.1. The average molecular weight is 408 g/mol. The van der Waals surface area contributed by atoms with Gasteiger partial charge in [0, 0.05) is 19.8 Å². The maximum absolute atomic E-state index is 12.1. The molecule has 9 nitrogen and oxygen atoms in total. The number of anilines is 1. The maximum atomic E-state index is 12.1. The Balaban J connectivity index is 2.04. The topological polar surface area (TPSA) is 133 Å². The van der Waals surface area contributed by atoms with Gasteiger partial charge in [-0.2, -0.15) is 0 Å². The standard InChI is InChI=1S/C18H20N2O7S/c1-11-7-8-14(17(23)16(11)22)18(24)27-10-15(21)19-12-5-4-6-13(9-12)28(25,26)20(2)3/h4-9,22-23H,10H2,1-3H3,(H,19,21). The summed E-state index contributed by atoms with van der Waals surface area (Å²) in [6.07, 6.45) is 0. The largest absolute Gasteiger partial charge is 0.504 e. The lowest BCUT2D eigenvalue weighted by Crippen LogP contribution is -2.23. The average Bonchev–Trinajstić information content (AvgIpc) is 2.64. The Morgan fingerprint density at radius 1 is 1.11 bits per heavy atom. The number of sulfonamides is 1. The van der Waals surface area contributed by atoms with Crippen LogP contribution in [0.2, 0.25) is 0 Å². The SMILES string of the molecule is Cc1ccc(C(=O)OCC(=O)Nc2cccc(S(=O)(=O)N(C)C)c2)c(O)c1O. The molecule has 3 N–H and O–H groups in total. The minimum atomic E-state index is -3.66. The van der Waals surface area contributed by atoms with Crippen molar-refractivity contribution in [2.45, 2.75) is 11.8 Å². The van der Waals surface area contributed by atoms with Crippen molar-refractivity contribution >= 4 is 27.6 Å². The summed E-state index contributed by atoms with van der Waals surface area (Å²) in [6.45, 7) is 0.875. The van der Waals surface area contributed by atoms with Crippen molar-refractivity contribution < 1.29 is 33.0 Å². The van der Waals surface area contributed by atoms with E-state index in [0.29, 0.717) is 5.56 Å². The van der Waals surface area contributed by atoms with Crippen LogP contribution in [0.4, 0.5) is 5.69 Å². The zero-order valence-corrected chi connectivity index (χ0v) is 16.3. The van der Waals surface area contributed by atoms with E-state index < -0.39 is 40.0 Å². The highest BCUT2D eigenvalue weighted by atomic mass is 32.2. The number of nitrogens with zero attached hydrogens (tertiary/aromatic N) is 1. The van der Waals surface area contributed by atoms with E-state index in [1.807, 2.05) is 0 Å². The predicted molar refractivity (Wildman–Crippen MR) is 101 cm³/mol. The number of benzene rings is 2. The van der Waals surface area contributed by atoms with Crippen LogP contribution < -0.4 is 5.32 Å². The number of aryl methyl sites for hydroxylation is 1. The lowest BCUT2D eigenvalue weighted by Gasteiger charge is -2.13. The number of nitrogens with one attached hydrogen (secondary N) is 1. The number of carbonyl (C=O) groups is 2. The van der Waals surface area contributed by atoms with Crippen LogP contribution in [0.15, 0.2) is 41.3 Å². The molecule has 1 amide bonds. The molecule has 0 aliphatic heterocycles. The number of ether oxygens (including phenoxy) is 1. The smallest absolute Gasteiger partial charge is 0.342 e. The first kappa shape index (κ1) is 21.2. The maximum Gasteiger partial charge on any atom is 0.342 e. The molecule has 0 atom stereocenters. The quantitative estimate of drug-likeness (QED) is 0.487. The van der Waals surface area contributed by atoms with E-state index in [0.717, 1.165) is 4.31 Å². The fourth-order valence-corrected chi connectivity index (χ4v) is 3.14. The van der Waals surface area contributed by atoms with Gasteiger partial charge >= 0.3 is 5.97 Å². The molecule has 0 saturated heterocycles. The first-order valence-electron chi connectivity index (χ1n) is 8.05. The van der Waals surface area contributed by atoms with Gasteiger partial charge in [0.15, 0.2) is 18.1 Å². The molecule has 0 bridgehead atoms. The molecule has 0 radical (unpaired) electrons. The van der Waals surface area contributed by atoms with Crippen LogP contribution in [-0.2, 0) is 19.6 Å². The van der Waals surface area contributed by atoms with E-state index in [9.17, 15) is 28.2 Å². The highest BCUT2D eigenvalue weighted by Gasteiger charge is 2.19. The molecule has 0 aliphatic rings. The van der Waals surface area contributed by atoms with Gasteiger partial charge in [-0.1, -0.05) is 12.1 Å². The van der Waals surface area contributed by atoms with Gasteiger partial charge in [-0.3, -0.25) is 4.79 Å². The number of rotatable bonds is 6. The van der Waals surface area contributed by atoms with Crippen molar-refractivity contribution in [2.75, 3.05) is 26.0 Å². The molecule has 0 heterocycles. The van der Waals surface area contributed by atoms with Gasteiger partial charge in [-0.05, 0) is 36.8 Å². The number of esters is 1. The first-order chi connectivity index (χ1) is 13.0. The Hall–Kier alpha value is -3.11. The van der Waals surface area contributed by atoms with Crippen molar-refractivity contribution in [3.63, 3.8) is 0 Å². The summed E-state index contributed by atoms with van der Waals surface area (Å²) in [6, 6.07) is 8.29. The summed E-state index contributed by atoms with van der Waals surface area (Å²) >= 11 is 0. The minimum Gasteiger partial charge on any atom is -0.504 e. The van der Waals surface area contributed by atoms with Crippen LogP contribution in [0, 0.1) is 6.92 Å². The van der Waals surface area contributed by atoms with Crippen molar-refractivity contribution in [2.24, 2.45) is 0 Å². The molecule has 0 aromatic heterocycles. The molecular formula is C18H20N2O7S. The van der Waals surface area contributed by atoms with Gasteiger partial charge in [0.2, 0.25) is 10.0 Å². The molecule has 2 rings (SSSR count). The third-order valence-corrected chi connectivity index (χ3v) is 5.61. The molecule has 2 aromatic rings. The third kappa shape index (κ3) is 4.59. The molecule has 2 aromatic carbocycles. The highest BCUT2D eigenvalue weighted by Crippen LogP contribution is 2.32. The number of carbonyl (C=O) groups excluding carboxylic acids is 2. The van der Waals surface area contributed by atoms with Crippen LogP contribution in [0.3, 0.4) is 0 Å². The van der Waals surface area contributed by atoms with Crippen molar-refractivity contribution in [1.29, 1.82) is 0 Å². The Morgan fingerprint density at radius 3 is 2.43 bits per heavy atom. The van der Waals surface area contributed by atoms with Gasteiger partial charge in [0.1, 0.15) is 5.56 Å². The second-order valence-electron chi connectivity index (χ2n) is 6.07. The van der Waals surface area contributed by atoms with Crippen LogP contribution in [0.25, 0.3) is 0 Å². The highest BCUT2D eigenvalue weighted by molar-refractivity contribution is 7.89. The number of aromatic hydroxyl groups is 2. The van der Waals surface area contributed by atoms with Gasteiger partial charge in [-0.15, -0.1) is 0 Å². The van der Waals surface area contributed by atoms with E-state index >= 15 is 0 Å². The summed E-state index contributed by atoms with van der Waals surface area (Å²) in [5.74, 6) is -2.78. The van der Waals surface area contributed by atoms with E-state index in [-0.39, 0.29) is 16.1 Å². The number of phenols is 2. The molecule has 0 spiro atoms. The predicted octanol–water partition coefficient (Wildman–Crippen LogP) is 1.45. The van der Waals surface area contributed by atoms with Crippen LogP contribution >= 0.6 is 0 Å². The van der Waals surface area contributed by atoms with E-state index in [1.54, 1.807) is 6.92 Å². The van der Waals surface area contributed by atoms with Crippen LogP contribution in [0.1, 0.15) is 15.9 Å². The zero-order valence-electron chi connectivity index (χ0n) is 15.5. The molecule has 0 saturated carbocycles. The minimum absolute atomic E-state index is 0.00709. The molecule has 0 unspecified atom stereocenters. The van der Waals surface area contributed by atoms with Gasteiger partial charge in [0.25, 0.3) is 5.91 Å². The fourth-order valence-electron chi connectivity index (χ4n) is 2.20. The van der Waals surface area contributed by atoms with Crippen molar-refractivity contribution in [3.05, 3.63) is 47.5 Å². The lowest BCUT2D eigenvalue weighted by molar-refractivity contribution is -0.119. The molecule has 0 fully saturated rings. The van der Waals surface area contributed by atoms with Crippen molar-refractivity contribution in [1.82, 2.24) is 4.31 Å². The summed E-state index contributed by atoms with van der Waals surface area (Å²) in [5.41, 5.74) is 0.300. The van der Waals surface area contributed by atoms with Crippen molar-refractivity contribution in [3.8, 4) is 11.5 Å². The number of hydrogen-bond donors (Lipinski definition) is 3. The molecule has 10 heteroatoms. The molecule has 0 aliphatic carbocycles. The number of hydrogen-bond acceptors (Lipinski definition) is 7. The molecule has 28 heavy (non-hydrogen) atoms. The van der Waals surface area contributed by atoms with Gasteiger partial charge in [-0.25, -0.2) is 17.5 Å². The van der Waals surface area contributed by atoms with Crippen LogP contribution in [0.5, 0.6) is 11.5 Å². The Kier molecular flexibility index (Phi) is 6.26. The second-order valence-corrected chi connectivity index (χ2v) is 8.22. The second kappa shape index (κ2) is 8.28. The normalized spacial score (nSPS) is 11.3. The lowest BCUT2D eigenvalue weighted by atomic mass is 10.1. The van der Waals surface area contributed by atoms with E-state index in [1.165, 1.54) is 50.5 Å². The number of amides is 1. The Morgan fingerprint density at radius 2 is 1.79 bits per heavy atom. The summed E-state index contributed by atoms with van der Waals surface area (Å²) < 4.78 is 30.1. The Labute approximate surface area is 162 Å². The number of phenolic OH excluding ortho intramolecular Hbond substituents is 2. The van der Waals surface area contributed by atoms with E-state index in [4.69, 9.17) is 4.74 Å². The Bertz CT molecular complexity index is 1020. The van der Waals surface area contributed by atoms with Gasteiger partial charge < -0.3 is 20.3 Å². The van der Waals surface area contributed by atoms with E-state index in [2.05, 4.69) is 5.32 Å². The summed E-state index contributed by atoms with van der Waals surface area (Å²) in [7, 11) is -0.890. The third-order valence-electron chi connectivity index (χ3n) is 3.80. The fraction of sp³-hybridized carbons (Fsp3) is 0.222. The first-order valence-corrected chi connectivity index (χ1v) is 9.49. The summed E-state index contributed by atoms with van der Waals surface area (Å²) in [5, 5.41) is 21.9. The molecule has 150 valence electrons. The monoisotopic (exact) mass is 408 g/mol. The van der Waals surface area contributed by atoms with Crippen LogP contribution in [-0.4, -0.2) is 55.5 Å².